The Hall–Kier alpha value is -1.10. The van der Waals surface area contributed by atoms with E-state index in [1.54, 1.807) is 7.11 Å². The van der Waals surface area contributed by atoms with Gasteiger partial charge in [0, 0.05) is 53.1 Å². The van der Waals surface area contributed by atoms with Crippen LogP contribution >= 0.6 is 0 Å². The Kier molecular flexibility index (Phi) is 30.5. The molecule has 58 atom stereocenters. The molecule has 0 aromatic carbocycles. The molecular formula is C129H218O13. The zero-order chi connectivity index (χ0) is 102. The second-order valence-corrected chi connectivity index (χ2v) is 62.0. The lowest BCUT2D eigenvalue weighted by molar-refractivity contribution is -0.192. The highest BCUT2D eigenvalue weighted by Gasteiger charge is 2.72. The molecule has 0 unspecified atom stereocenters. The Bertz CT molecular complexity index is 4170. The number of ether oxygens (including phenoxy) is 4. The van der Waals surface area contributed by atoms with Crippen molar-refractivity contribution < 1.29 is 64.3 Å². The molecule has 0 saturated heterocycles. The molecule has 812 valence electrons. The average Bonchev–Trinajstić information content (AvgIpc) is 1.52. The van der Waals surface area contributed by atoms with E-state index in [9.17, 15) is 45.3 Å². The molecule has 0 amide bonds. The normalized spacial score (nSPS) is 59.9. The summed E-state index contributed by atoms with van der Waals surface area (Å²) >= 11 is 0. The Labute approximate surface area is 867 Å². The van der Waals surface area contributed by atoms with Gasteiger partial charge in [-0.1, -0.05) is 159 Å². The number of aliphatic hydroxyl groups excluding tert-OH is 7. The third-order valence-electron chi connectivity index (χ3n) is 56.8. The van der Waals surface area contributed by atoms with E-state index in [0.717, 1.165) is 160 Å². The van der Waals surface area contributed by atoms with Crippen LogP contribution in [0.3, 0.4) is 0 Å². The van der Waals surface area contributed by atoms with E-state index in [0.29, 0.717) is 180 Å². The highest BCUT2D eigenvalue weighted by Crippen LogP contribution is 2.77. The second kappa shape index (κ2) is 39.7. The topological polar surface area (TPSA) is 213 Å². The number of hydrogen-bond acceptors (Lipinski definition) is 13. The predicted octanol–water partition coefficient (Wildman–Crippen LogP) is 27.2. The van der Waals surface area contributed by atoms with Crippen molar-refractivity contribution in [2.75, 3.05) is 28.4 Å². The van der Waals surface area contributed by atoms with Gasteiger partial charge in [-0.3, -0.25) is 9.59 Å². The standard InChI is InChI=1S/3C22H38O2.C21H34O3.C21H36O2.C21H34O2/c3*1-13-11-22(4)15(10-18(13)23)7-8-16-17-9-6-14(2)21(17,3)12-19(24-5)20(16)22;1-12-5-8-15-14-7-6-13-9-16(22)18(24-4)11-21(13,3)19(14)17(23)10-20(12,15)2;2*1-12-10-21(4)14(9-17(12)22)6-7-15-16-8-5-13(2)20(16,3)11-18(23)19(15)21/h3*13-20,23H,6-12H2,1-5H3;12-16,18-19,22H,5-11H2,1-4H3;12-19,22-23H,5-11H2,1-4H3;12-17,19,22H,5-11H2,1-4H3/t13-,14+,15+,16+,17+,18+,19+,20-,21-,22+;13-,14-,15+,16+,17+,18+,19+,20-,21-,22+;13-,14-,15-,16-,17-,18-,19-,20+,21+,22-;12-,13+,14+,15+,16+,18+,19-,20-,21+;12-,13-,14-,15-,16-,17-,18-,19+,20+,21-;12-,13-,14-,15-,16-,17-,19+,20+,21-/m110100/s1. The Morgan fingerprint density at radius 2 is 0.408 bits per heavy atom. The third kappa shape index (κ3) is 17.3. The maximum atomic E-state index is 13.4. The van der Waals surface area contributed by atoms with Crippen molar-refractivity contribution in [2.24, 2.45) is 272 Å². The number of carbonyl (C=O) groups excluding carboxylic acids is 2. The number of methoxy groups -OCH3 is 4. The highest BCUT2D eigenvalue weighted by molar-refractivity contribution is 5.85. The van der Waals surface area contributed by atoms with Crippen LogP contribution in [-0.4, -0.2) is 143 Å². The van der Waals surface area contributed by atoms with E-state index >= 15 is 0 Å². The highest BCUT2D eigenvalue weighted by atomic mass is 16.5. The molecule has 0 bridgehead atoms. The van der Waals surface area contributed by atoms with Crippen molar-refractivity contribution in [2.45, 2.75) is 496 Å². The number of aliphatic hydroxyl groups is 7. The van der Waals surface area contributed by atoms with Crippen LogP contribution in [-0.2, 0) is 28.5 Å². The average molecular weight is 1980 g/mol. The van der Waals surface area contributed by atoms with E-state index in [4.69, 9.17) is 18.9 Å². The van der Waals surface area contributed by atoms with E-state index < -0.39 is 0 Å². The first kappa shape index (κ1) is 109. The monoisotopic (exact) mass is 1980 g/mol. The lowest BCUT2D eigenvalue weighted by Gasteiger charge is -2.63. The van der Waals surface area contributed by atoms with Gasteiger partial charge < -0.3 is 54.7 Å². The fraction of sp³-hybridized carbons (Fsp3) is 0.984. The number of carbonyl (C=O) groups is 2. The summed E-state index contributed by atoms with van der Waals surface area (Å²) in [6.07, 6.45) is 50.9. The van der Waals surface area contributed by atoms with Crippen LogP contribution in [0.4, 0.5) is 0 Å². The predicted molar refractivity (Wildman–Crippen MR) is 571 cm³/mol. The summed E-state index contributed by atoms with van der Waals surface area (Å²) in [7, 11) is 7.58. The largest absolute Gasteiger partial charge is 0.393 e. The zero-order valence-electron chi connectivity index (χ0n) is 95.8. The lowest BCUT2D eigenvalue weighted by atomic mass is 9.43. The molecule has 0 aliphatic heterocycles. The van der Waals surface area contributed by atoms with Gasteiger partial charge in [-0.15, -0.1) is 0 Å². The first-order chi connectivity index (χ1) is 66.8. The van der Waals surface area contributed by atoms with E-state index in [-0.39, 0.29) is 87.7 Å². The number of ketones is 2. The Morgan fingerprint density at radius 3 is 0.683 bits per heavy atom. The zero-order valence-corrected chi connectivity index (χ0v) is 95.8. The van der Waals surface area contributed by atoms with Crippen LogP contribution in [0.25, 0.3) is 0 Å². The smallest absolute Gasteiger partial charge is 0.137 e. The summed E-state index contributed by atoms with van der Waals surface area (Å²) in [6, 6.07) is 0. The molecule has 7 N–H and O–H groups in total. The molecule has 13 nitrogen and oxygen atoms in total. The summed E-state index contributed by atoms with van der Waals surface area (Å²) in [6.45, 7) is 55.7. The van der Waals surface area contributed by atoms with Gasteiger partial charge in [0.2, 0.25) is 0 Å². The van der Waals surface area contributed by atoms with E-state index in [2.05, 4.69) is 159 Å². The molecule has 0 heterocycles. The molecule has 142 heavy (non-hydrogen) atoms. The molecule has 0 aromatic heterocycles. The first-order valence-corrected chi connectivity index (χ1v) is 61.7. The Balaban J connectivity index is 0.000000108. The van der Waals surface area contributed by atoms with Crippen molar-refractivity contribution in [3.05, 3.63) is 0 Å². The Morgan fingerprint density at radius 1 is 0.204 bits per heavy atom. The summed E-state index contributed by atoms with van der Waals surface area (Å²) < 4.78 is 24.2. The van der Waals surface area contributed by atoms with Gasteiger partial charge in [0.25, 0.3) is 0 Å². The fourth-order valence-electron chi connectivity index (χ4n) is 47.7. The molecule has 0 spiro atoms. The molecule has 24 aliphatic carbocycles. The molecule has 24 rings (SSSR count). The lowest BCUT2D eigenvalue weighted by Crippen LogP contribution is -2.60. The van der Waals surface area contributed by atoms with Gasteiger partial charge in [0.15, 0.2) is 0 Å². The van der Waals surface area contributed by atoms with E-state index in [1.165, 1.54) is 193 Å². The minimum atomic E-state index is -0.361. The van der Waals surface area contributed by atoms with Crippen molar-refractivity contribution in [3.63, 3.8) is 0 Å². The summed E-state index contributed by atoms with van der Waals surface area (Å²) in [5.41, 5.74) is 3.86. The molecule has 0 aromatic rings. The van der Waals surface area contributed by atoms with Crippen LogP contribution < -0.4 is 0 Å². The van der Waals surface area contributed by atoms with Crippen LogP contribution in [0.2, 0.25) is 0 Å². The van der Waals surface area contributed by atoms with Crippen molar-refractivity contribution in [1.82, 2.24) is 0 Å². The van der Waals surface area contributed by atoms with Gasteiger partial charge in [-0.2, -0.15) is 0 Å². The van der Waals surface area contributed by atoms with E-state index in [1.807, 2.05) is 21.3 Å². The van der Waals surface area contributed by atoms with Gasteiger partial charge in [0.1, 0.15) is 11.6 Å². The maximum Gasteiger partial charge on any atom is 0.137 e. The molecule has 24 saturated carbocycles. The molecular weight excluding hydrogens is 1760 g/mol. The van der Waals surface area contributed by atoms with Crippen LogP contribution in [0.15, 0.2) is 0 Å². The van der Waals surface area contributed by atoms with Crippen LogP contribution in [0.5, 0.6) is 0 Å². The molecule has 24 fully saturated rings. The third-order valence-corrected chi connectivity index (χ3v) is 56.8. The maximum absolute atomic E-state index is 13.4. The van der Waals surface area contributed by atoms with Crippen LogP contribution in [0.1, 0.15) is 429 Å². The second-order valence-electron chi connectivity index (χ2n) is 62.0. The summed E-state index contributed by atoms with van der Waals surface area (Å²) in [5, 5.41) is 73.7. The minimum absolute atomic E-state index is 0.0209. The quantitative estimate of drug-likeness (QED) is 0.140. The van der Waals surface area contributed by atoms with Gasteiger partial charge >= 0.3 is 0 Å². The van der Waals surface area contributed by atoms with Gasteiger partial charge in [0.05, 0.1) is 67.1 Å². The number of rotatable bonds is 4. The molecule has 24 aliphatic rings. The van der Waals surface area contributed by atoms with Crippen molar-refractivity contribution in [1.29, 1.82) is 0 Å². The minimum Gasteiger partial charge on any atom is -0.393 e. The number of Topliss-reactive ketones (excluding diaryl/α,β-unsaturated/α-hetero) is 2. The van der Waals surface area contributed by atoms with Gasteiger partial charge in [-0.25, -0.2) is 0 Å². The fourth-order valence-corrected chi connectivity index (χ4v) is 47.7. The number of hydrogen-bond donors (Lipinski definition) is 7. The first-order valence-electron chi connectivity index (χ1n) is 61.7. The van der Waals surface area contributed by atoms with Gasteiger partial charge in [-0.05, 0) is 517 Å². The van der Waals surface area contributed by atoms with Crippen LogP contribution in [0, 0.1) is 272 Å². The molecule has 13 heteroatoms. The molecule has 0 radical (unpaired) electrons. The summed E-state index contributed by atoms with van der Waals surface area (Å²) in [5.74, 6) is 24.1. The SMILES string of the molecule is CO[C@H]1C[C@@]2(C)[C@@H](CC[C@H]3[C@@H]4CC[C@@H](C)[C@@]4(C)CC(=O)[C@@H]32)C[C@@H]1O.CO[C@H]1C[C@]2(C)[C@@H](C)CC[C@H]2[C@@H]2CC[C@H]3C[C@H](O)[C@@H](C)C[C@]3(C)[C@H]21.CO[C@H]1C[C@]2(C)[C@@H](C)CC[C@H]2[C@@H]2CC[C@H]3C[C@H](O)[C@H](C)C[C@]3(C)[C@H]21.CO[C@H]1C[C@]2(C)[C@H](C)CC[C@H]2[C@@H]2CC[C@H]3C[C@H](O)[C@H](C)C[C@]3(C)[C@H]21.C[C@H]1C[C@@]2(C)[C@@H](CC[C@@H]3[C@@H]2[C@@H](O)C[C@]2(C)[C@@H](C)CC[C@@H]32)C[C@@H]1O.C[C@H]1C[C@@]2(C)[C@@H](CC[C@H]3[C@@H]4CC[C@H](C)[C@@]4(C)CC(=O)[C@@H]32)C[C@@H]1O. The van der Waals surface area contributed by atoms with Crippen molar-refractivity contribution in [3.8, 4) is 0 Å². The van der Waals surface area contributed by atoms with Crippen molar-refractivity contribution >= 4 is 11.6 Å². The number of fused-ring (bicyclic) bond motifs is 30. The summed E-state index contributed by atoms with van der Waals surface area (Å²) in [4.78, 5) is 26.7.